The van der Waals surface area contributed by atoms with Crippen LogP contribution in [0.3, 0.4) is 0 Å². The van der Waals surface area contributed by atoms with Crippen LogP contribution in [0.1, 0.15) is 0 Å². The highest BCUT2D eigenvalue weighted by Gasteiger charge is 2.20. The number of nitrogens with one attached hydrogen (secondary N) is 3. The van der Waals surface area contributed by atoms with Crippen molar-refractivity contribution in [3.63, 3.8) is 0 Å². The Morgan fingerprint density at radius 1 is 1.21 bits per heavy atom. The molecule has 3 rings (SSSR count). The molecule has 0 aliphatic rings. The highest BCUT2D eigenvalue weighted by Crippen LogP contribution is 2.30. The molecule has 1 heterocycles. The molecule has 0 spiro atoms. The number of fused-ring (bicyclic) bond motifs is 1. The molecule has 0 radical (unpaired) electrons. The van der Waals surface area contributed by atoms with Crippen molar-refractivity contribution in [2.24, 2.45) is 0 Å². The number of nitrogens with zero attached hydrogens (tertiary/aromatic N) is 2. The van der Waals surface area contributed by atoms with Gasteiger partial charge in [-0.3, -0.25) is 15.2 Å². The van der Waals surface area contributed by atoms with Gasteiger partial charge in [0.15, 0.2) is 0 Å². The Hall–Kier alpha value is -2.98. The van der Waals surface area contributed by atoms with Gasteiger partial charge in [0.2, 0.25) is 10.0 Å². The third-order valence-electron chi connectivity index (χ3n) is 3.47. The fourth-order valence-corrected chi connectivity index (χ4v) is 2.97. The largest absolute Gasteiger partial charge is 0.350 e. The van der Waals surface area contributed by atoms with Gasteiger partial charge in [0.05, 0.1) is 21.5 Å². The Balaban J connectivity index is 2.02. The molecule has 2 aromatic carbocycles. The normalized spacial score (nSPS) is 11.5. The summed E-state index contributed by atoms with van der Waals surface area (Å²) in [6, 6.07) is 9.00. The van der Waals surface area contributed by atoms with Gasteiger partial charge in [-0.25, -0.2) is 13.1 Å². The van der Waals surface area contributed by atoms with Crippen LogP contribution in [0.2, 0.25) is 0 Å². The van der Waals surface area contributed by atoms with Crippen molar-refractivity contribution in [3.8, 4) is 0 Å². The lowest BCUT2D eigenvalue weighted by Crippen LogP contribution is -2.18. The first-order valence-electron chi connectivity index (χ1n) is 6.83. The van der Waals surface area contributed by atoms with Crippen LogP contribution in [0.5, 0.6) is 0 Å². The Morgan fingerprint density at radius 3 is 2.71 bits per heavy atom. The molecule has 1 aromatic heterocycles. The molecule has 9 nitrogen and oxygen atoms in total. The summed E-state index contributed by atoms with van der Waals surface area (Å²) < 4.78 is 25.7. The number of nitro benzene ring substituents is 1. The van der Waals surface area contributed by atoms with E-state index >= 15 is 0 Å². The maximum atomic E-state index is 11.8. The number of sulfonamides is 1. The highest BCUT2D eigenvalue weighted by atomic mass is 32.2. The summed E-state index contributed by atoms with van der Waals surface area (Å²) in [5.74, 6) is 0. The van der Waals surface area contributed by atoms with Gasteiger partial charge in [0, 0.05) is 17.1 Å². The predicted molar refractivity (Wildman–Crippen MR) is 88.7 cm³/mol. The summed E-state index contributed by atoms with van der Waals surface area (Å²) in [7, 11) is -2.52. The van der Waals surface area contributed by atoms with Crippen molar-refractivity contribution in [3.05, 3.63) is 52.7 Å². The fraction of sp³-hybridized carbons (Fsp3) is 0.0714. The Morgan fingerprint density at radius 2 is 2.00 bits per heavy atom. The molecule has 0 bridgehead atoms. The van der Waals surface area contributed by atoms with E-state index in [4.69, 9.17) is 0 Å². The molecular weight excluding hydrogens is 334 g/mol. The SMILES string of the molecule is CNS(=O)(=O)c1ccc(Nc2ccc3cn[nH]c3c2)c([N+](=O)[O-])c1. The maximum absolute atomic E-state index is 11.8. The van der Waals surface area contributed by atoms with E-state index in [2.05, 4.69) is 20.2 Å². The van der Waals surface area contributed by atoms with Crippen LogP contribution < -0.4 is 10.0 Å². The molecular formula is C14H13N5O4S. The average Bonchev–Trinajstić information content (AvgIpc) is 3.02. The van der Waals surface area contributed by atoms with Crippen molar-refractivity contribution in [2.75, 3.05) is 12.4 Å². The van der Waals surface area contributed by atoms with Crippen LogP contribution in [0.4, 0.5) is 17.1 Å². The van der Waals surface area contributed by atoms with E-state index in [9.17, 15) is 18.5 Å². The molecule has 0 saturated carbocycles. The van der Waals surface area contributed by atoms with Crippen molar-refractivity contribution < 1.29 is 13.3 Å². The molecule has 124 valence electrons. The summed E-state index contributed by atoms with van der Waals surface area (Å²) >= 11 is 0. The first kappa shape index (κ1) is 15.9. The standard InChI is InChI=1S/C14H13N5O4S/c1-15-24(22,23)11-4-5-12(14(7-11)19(20)21)17-10-3-2-9-8-16-18-13(9)6-10/h2-8,15,17H,1H3,(H,16,18). The van der Waals surface area contributed by atoms with Gasteiger partial charge in [-0.05, 0) is 37.4 Å². The molecule has 0 unspecified atom stereocenters. The second kappa shape index (κ2) is 5.91. The van der Waals surface area contributed by atoms with E-state index in [1.165, 1.54) is 19.2 Å². The number of hydrogen-bond donors (Lipinski definition) is 3. The van der Waals surface area contributed by atoms with E-state index in [1.54, 1.807) is 18.3 Å². The molecule has 0 amide bonds. The van der Waals surface area contributed by atoms with Gasteiger partial charge >= 0.3 is 0 Å². The van der Waals surface area contributed by atoms with E-state index in [0.717, 1.165) is 17.0 Å². The molecule has 3 aromatic rings. The topological polar surface area (TPSA) is 130 Å². The minimum atomic E-state index is -3.76. The summed E-state index contributed by atoms with van der Waals surface area (Å²) in [5.41, 5.74) is 1.24. The lowest BCUT2D eigenvalue weighted by Gasteiger charge is -2.09. The smallest absolute Gasteiger partial charge is 0.294 e. The van der Waals surface area contributed by atoms with Gasteiger partial charge in [-0.15, -0.1) is 0 Å². The number of nitro groups is 1. The number of anilines is 2. The third kappa shape index (κ3) is 2.92. The third-order valence-corrected chi connectivity index (χ3v) is 4.88. The number of hydrogen-bond acceptors (Lipinski definition) is 6. The van der Waals surface area contributed by atoms with Gasteiger partial charge in [-0.1, -0.05) is 0 Å². The molecule has 0 atom stereocenters. The summed E-state index contributed by atoms with van der Waals surface area (Å²) in [4.78, 5) is 10.5. The molecule has 3 N–H and O–H groups in total. The monoisotopic (exact) mass is 347 g/mol. The van der Waals surface area contributed by atoms with Gasteiger partial charge in [-0.2, -0.15) is 5.10 Å². The van der Waals surface area contributed by atoms with Crippen LogP contribution in [0, 0.1) is 10.1 Å². The number of rotatable bonds is 5. The lowest BCUT2D eigenvalue weighted by atomic mass is 10.2. The van der Waals surface area contributed by atoms with Gasteiger partial charge in [0.25, 0.3) is 5.69 Å². The number of aromatic amines is 1. The molecule has 0 fully saturated rings. The first-order chi connectivity index (χ1) is 11.4. The van der Waals surface area contributed by atoms with E-state index in [-0.39, 0.29) is 16.3 Å². The van der Waals surface area contributed by atoms with Crippen LogP contribution in [0.25, 0.3) is 10.9 Å². The molecule has 0 saturated heterocycles. The zero-order chi connectivity index (χ0) is 17.3. The highest BCUT2D eigenvalue weighted by molar-refractivity contribution is 7.89. The first-order valence-corrected chi connectivity index (χ1v) is 8.31. The number of aromatic nitrogens is 2. The van der Waals surface area contributed by atoms with E-state index in [1.807, 2.05) is 6.07 Å². The average molecular weight is 347 g/mol. The van der Waals surface area contributed by atoms with Crippen LogP contribution in [-0.4, -0.2) is 30.6 Å². The van der Waals surface area contributed by atoms with Crippen LogP contribution in [-0.2, 0) is 10.0 Å². The van der Waals surface area contributed by atoms with Crippen molar-refractivity contribution in [2.45, 2.75) is 4.90 Å². The zero-order valence-electron chi connectivity index (χ0n) is 12.5. The van der Waals surface area contributed by atoms with Crippen molar-refractivity contribution in [1.82, 2.24) is 14.9 Å². The lowest BCUT2D eigenvalue weighted by molar-refractivity contribution is -0.384. The Bertz CT molecular complexity index is 1030. The minimum absolute atomic E-state index is 0.175. The summed E-state index contributed by atoms with van der Waals surface area (Å²) in [5, 5.41) is 21.8. The second-order valence-electron chi connectivity index (χ2n) is 4.94. The Kier molecular flexibility index (Phi) is 3.91. The van der Waals surface area contributed by atoms with Crippen LogP contribution in [0.15, 0.2) is 47.5 Å². The number of H-pyrrole nitrogens is 1. The maximum Gasteiger partial charge on any atom is 0.294 e. The molecule has 0 aliphatic carbocycles. The fourth-order valence-electron chi connectivity index (χ4n) is 2.22. The quantitative estimate of drug-likeness (QED) is 0.479. The summed E-state index contributed by atoms with van der Waals surface area (Å²) in [6.07, 6.45) is 1.67. The predicted octanol–water partition coefficient (Wildman–Crippen LogP) is 2.12. The summed E-state index contributed by atoms with van der Waals surface area (Å²) in [6.45, 7) is 0. The molecule has 24 heavy (non-hydrogen) atoms. The Labute approximate surface area is 136 Å². The zero-order valence-corrected chi connectivity index (χ0v) is 13.3. The van der Waals surface area contributed by atoms with Crippen molar-refractivity contribution >= 4 is 38.0 Å². The van der Waals surface area contributed by atoms with Crippen molar-refractivity contribution in [1.29, 1.82) is 0 Å². The van der Waals surface area contributed by atoms with Gasteiger partial charge < -0.3 is 5.32 Å². The van der Waals surface area contributed by atoms with E-state index in [0.29, 0.717) is 5.69 Å². The van der Waals surface area contributed by atoms with Gasteiger partial charge in [0.1, 0.15) is 5.69 Å². The minimum Gasteiger partial charge on any atom is -0.350 e. The molecule has 0 aliphatic heterocycles. The second-order valence-corrected chi connectivity index (χ2v) is 6.83. The molecule has 10 heteroatoms. The van der Waals surface area contributed by atoms with E-state index < -0.39 is 14.9 Å². The number of benzene rings is 2. The van der Waals surface area contributed by atoms with Crippen LogP contribution >= 0.6 is 0 Å².